The minimum Gasteiger partial charge on any atom is -0.301 e. The first-order chi connectivity index (χ1) is 13.0. The highest BCUT2D eigenvalue weighted by Gasteiger charge is 2.17. The molecule has 8 nitrogen and oxygen atoms in total. The minimum absolute atomic E-state index is 0.000340. The van der Waals surface area contributed by atoms with Gasteiger partial charge in [-0.3, -0.25) is 9.48 Å². The van der Waals surface area contributed by atoms with Crippen LogP contribution in [0, 0.1) is 0 Å². The Balaban J connectivity index is 1.52. The topological polar surface area (TPSA) is 90.0 Å². The Labute approximate surface area is 171 Å². The maximum absolute atomic E-state index is 12.4. The number of anilines is 1. The van der Waals surface area contributed by atoms with E-state index in [1.807, 2.05) is 6.07 Å². The molecule has 4 aromatic rings. The lowest BCUT2D eigenvalue weighted by Crippen LogP contribution is -2.15. The van der Waals surface area contributed by atoms with E-state index in [-0.39, 0.29) is 5.82 Å². The van der Waals surface area contributed by atoms with E-state index in [0.717, 1.165) is 5.56 Å². The summed E-state index contributed by atoms with van der Waals surface area (Å²) < 4.78 is 3.71. The Morgan fingerprint density at radius 1 is 1.22 bits per heavy atom. The van der Waals surface area contributed by atoms with Crippen molar-refractivity contribution < 1.29 is 4.79 Å². The number of nitrogens with one attached hydrogen (secondary N) is 1. The zero-order valence-electron chi connectivity index (χ0n) is 13.5. The lowest BCUT2D eigenvalue weighted by atomic mass is 10.2. The lowest BCUT2D eigenvalue weighted by Gasteiger charge is -2.03. The van der Waals surface area contributed by atoms with E-state index in [4.69, 9.17) is 23.2 Å². The number of nitrogens with zero attached hydrogens (tertiary/aromatic N) is 6. The van der Waals surface area contributed by atoms with Gasteiger partial charge < -0.3 is 5.32 Å². The van der Waals surface area contributed by atoms with Crippen LogP contribution in [0.15, 0.2) is 47.3 Å². The molecule has 1 aromatic carbocycles. The van der Waals surface area contributed by atoms with Crippen molar-refractivity contribution in [1.29, 1.82) is 0 Å². The Morgan fingerprint density at radius 2 is 2.07 bits per heavy atom. The monoisotopic (exact) mass is 465 g/mol. The van der Waals surface area contributed by atoms with Crippen molar-refractivity contribution in [2.24, 2.45) is 0 Å². The molecule has 0 saturated carbocycles. The minimum atomic E-state index is -0.485. The Morgan fingerprint density at radius 3 is 2.85 bits per heavy atom. The highest BCUT2D eigenvalue weighted by Crippen LogP contribution is 2.24. The maximum atomic E-state index is 12.4. The number of carbonyl (C=O) groups excluding carboxylic acids is 1. The smallest absolute Gasteiger partial charge is 0.296 e. The number of rotatable bonds is 4. The quantitative estimate of drug-likeness (QED) is 0.495. The molecule has 0 radical (unpaired) electrons. The molecule has 3 aromatic heterocycles. The Kier molecular flexibility index (Phi) is 4.81. The van der Waals surface area contributed by atoms with Crippen LogP contribution in [-0.2, 0) is 6.54 Å². The van der Waals surface area contributed by atoms with Gasteiger partial charge in [-0.1, -0.05) is 29.3 Å². The number of amides is 1. The molecule has 0 saturated heterocycles. The van der Waals surface area contributed by atoms with Crippen LogP contribution in [-0.4, -0.2) is 35.3 Å². The molecule has 0 spiro atoms. The van der Waals surface area contributed by atoms with Crippen molar-refractivity contribution in [1.82, 2.24) is 29.4 Å². The van der Waals surface area contributed by atoms with Gasteiger partial charge in [-0.25, -0.2) is 9.50 Å². The standard InChI is InChI=1S/C16H10BrCl2N7O/c17-10-8-25(7-9-2-3-11(18)12(19)6-9)23-13(10)21-15(27)14-22-16-20-4-1-5-26(16)24-14/h1-6,8H,7H2,(H,21,23,27). The fourth-order valence-corrected chi connectivity index (χ4v) is 3.12. The lowest BCUT2D eigenvalue weighted by molar-refractivity contribution is 0.101. The van der Waals surface area contributed by atoms with E-state index in [1.165, 1.54) is 4.52 Å². The summed E-state index contributed by atoms with van der Waals surface area (Å²) in [5.74, 6) is 0.208. The van der Waals surface area contributed by atoms with Crippen LogP contribution in [0.2, 0.25) is 10.0 Å². The largest absolute Gasteiger partial charge is 0.301 e. The van der Waals surface area contributed by atoms with Gasteiger partial charge in [0.2, 0.25) is 5.82 Å². The van der Waals surface area contributed by atoms with Crippen LogP contribution in [0.25, 0.3) is 5.78 Å². The number of fused-ring (bicyclic) bond motifs is 1. The van der Waals surface area contributed by atoms with Gasteiger partial charge in [0.05, 0.1) is 21.1 Å². The number of halogens is 3. The third kappa shape index (κ3) is 3.80. The molecular formula is C16H10BrCl2N7O. The fourth-order valence-electron chi connectivity index (χ4n) is 2.38. The van der Waals surface area contributed by atoms with E-state index in [0.29, 0.717) is 32.7 Å². The zero-order valence-corrected chi connectivity index (χ0v) is 16.6. The van der Waals surface area contributed by atoms with Crippen molar-refractivity contribution >= 4 is 56.6 Å². The molecule has 1 N–H and O–H groups in total. The predicted octanol–water partition coefficient (Wildman–Crippen LogP) is 3.69. The fraction of sp³-hybridized carbons (Fsp3) is 0.0625. The van der Waals surface area contributed by atoms with E-state index in [9.17, 15) is 4.79 Å². The first-order valence-electron chi connectivity index (χ1n) is 7.65. The Hall–Kier alpha value is -2.49. The average molecular weight is 467 g/mol. The second-order valence-electron chi connectivity index (χ2n) is 5.53. The molecular weight excluding hydrogens is 457 g/mol. The zero-order chi connectivity index (χ0) is 19.0. The van der Waals surface area contributed by atoms with E-state index >= 15 is 0 Å². The molecule has 0 atom stereocenters. The van der Waals surface area contributed by atoms with Crippen LogP contribution in [0.3, 0.4) is 0 Å². The van der Waals surface area contributed by atoms with Crippen LogP contribution in [0.5, 0.6) is 0 Å². The van der Waals surface area contributed by atoms with Gasteiger partial charge in [0.25, 0.3) is 11.7 Å². The van der Waals surface area contributed by atoms with Crippen LogP contribution in [0.4, 0.5) is 5.82 Å². The molecule has 3 heterocycles. The third-order valence-corrected chi connectivity index (χ3v) is 4.92. The summed E-state index contributed by atoms with van der Waals surface area (Å²) in [6, 6.07) is 7.05. The van der Waals surface area contributed by atoms with Crippen LogP contribution in [0.1, 0.15) is 16.2 Å². The number of hydrogen-bond donors (Lipinski definition) is 1. The molecule has 0 bridgehead atoms. The van der Waals surface area contributed by atoms with Crippen LogP contribution < -0.4 is 5.32 Å². The molecule has 11 heteroatoms. The maximum Gasteiger partial charge on any atom is 0.296 e. The molecule has 0 aliphatic carbocycles. The van der Waals surface area contributed by atoms with Gasteiger partial charge in [-0.15, -0.1) is 5.10 Å². The van der Waals surface area contributed by atoms with Gasteiger partial charge in [-0.2, -0.15) is 10.1 Å². The summed E-state index contributed by atoms with van der Waals surface area (Å²) in [5.41, 5.74) is 0.922. The summed E-state index contributed by atoms with van der Waals surface area (Å²) in [6.45, 7) is 0.460. The van der Waals surface area contributed by atoms with Crippen molar-refractivity contribution in [3.8, 4) is 0 Å². The summed E-state index contributed by atoms with van der Waals surface area (Å²) >= 11 is 15.4. The van der Waals surface area contributed by atoms with Gasteiger partial charge in [-0.05, 0) is 39.7 Å². The molecule has 4 rings (SSSR count). The molecule has 0 aliphatic heterocycles. The summed E-state index contributed by atoms with van der Waals surface area (Å²) in [4.78, 5) is 20.5. The number of benzene rings is 1. The van der Waals surface area contributed by atoms with E-state index in [1.54, 1.807) is 41.5 Å². The molecule has 0 fully saturated rings. The normalized spacial score (nSPS) is 11.1. The first-order valence-corrected chi connectivity index (χ1v) is 9.20. The summed E-state index contributed by atoms with van der Waals surface area (Å²) in [6.07, 6.45) is 4.98. The molecule has 0 unspecified atom stereocenters. The van der Waals surface area contributed by atoms with Gasteiger partial charge in [0.1, 0.15) is 0 Å². The second kappa shape index (κ2) is 7.26. The second-order valence-corrected chi connectivity index (χ2v) is 7.19. The number of carbonyl (C=O) groups is 1. The first kappa shape index (κ1) is 17.9. The van der Waals surface area contributed by atoms with Gasteiger partial charge >= 0.3 is 0 Å². The number of aromatic nitrogens is 6. The molecule has 0 aliphatic rings. The van der Waals surface area contributed by atoms with E-state index in [2.05, 4.69) is 41.4 Å². The highest BCUT2D eigenvalue weighted by atomic mass is 79.9. The SMILES string of the molecule is O=C(Nc1nn(Cc2ccc(Cl)c(Cl)c2)cc1Br)c1nc2ncccn2n1. The summed E-state index contributed by atoms with van der Waals surface area (Å²) in [7, 11) is 0. The van der Waals surface area contributed by atoms with Crippen molar-refractivity contribution in [2.75, 3.05) is 5.32 Å². The Bertz CT molecular complexity index is 1120. The molecule has 27 heavy (non-hydrogen) atoms. The van der Waals surface area contributed by atoms with E-state index < -0.39 is 5.91 Å². The van der Waals surface area contributed by atoms with Gasteiger partial charge in [0, 0.05) is 18.6 Å². The van der Waals surface area contributed by atoms with Crippen LogP contribution >= 0.6 is 39.1 Å². The molecule has 1 amide bonds. The molecule has 136 valence electrons. The van der Waals surface area contributed by atoms with Crippen molar-refractivity contribution in [2.45, 2.75) is 6.54 Å². The third-order valence-electron chi connectivity index (χ3n) is 3.60. The van der Waals surface area contributed by atoms with Crippen molar-refractivity contribution in [3.05, 3.63) is 68.8 Å². The average Bonchev–Trinajstić information content (AvgIpc) is 3.22. The highest BCUT2D eigenvalue weighted by molar-refractivity contribution is 9.10. The van der Waals surface area contributed by atoms with Crippen molar-refractivity contribution in [3.63, 3.8) is 0 Å². The predicted molar refractivity (Wildman–Crippen MR) is 104 cm³/mol. The summed E-state index contributed by atoms with van der Waals surface area (Å²) in [5, 5.41) is 12.1. The number of hydrogen-bond acceptors (Lipinski definition) is 5. The van der Waals surface area contributed by atoms with Gasteiger partial charge in [0.15, 0.2) is 5.82 Å².